The average molecular weight is 403 g/mol. The fourth-order valence-corrected chi connectivity index (χ4v) is 4.76. The number of carbonyl (C=O) groups excluding carboxylic acids is 1. The van der Waals surface area contributed by atoms with Gasteiger partial charge in [-0.05, 0) is 78.1 Å². The highest BCUT2D eigenvalue weighted by molar-refractivity contribution is 6.74. The first-order valence-corrected chi connectivity index (χ1v) is 13.5. The SMILES string of the molecule is CCOC(=O)/C=C/c1c(CO[Si](C)(C)C(C)(C)C)ccc2c1[C@@H](C)C[C@@H](C)C2. The molecule has 0 N–H and O–H groups in total. The highest BCUT2D eigenvalue weighted by Gasteiger charge is 2.37. The van der Waals surface area contributed by atoms with Crippen LogP contribution in [0.3, 0.4) is 0 Å². The van der Waals surface area contributed by atoms with Crippen molar-refractivity contribution in [2.45, 2.75) is 85.0 Å². The molecule has 0 radical (unpaired) electrons. The molecule has 1 aliphatic rings. The molecule has 0 aromatic heterocycles. The number of hydrogen-bond acceptors (Lipinski definition) is 3. The molecule has 0 fully saturated rings. The fourth-order valence-electron chi connectivity index (χ4n) is 3.81. The van der Waals surface area contributed by atoms with Gasteiger partial charge in [0.2, 0.25) is 0 Å². The van der Waals surface area contributed by atoms with Crippen LogP contribution in [0.25, 0.3) is 6.08 Å². The highest BCUT2D eigenvalue weighted by atomic mass is 28.4. The summed E-state index contributed by atoms with van der Waals surface area (Å²) in [7, 11) is -1.85. The maximum Gasteiger partial charge on any atom is 0.330 e. The van der Waals surface area contributed by atoms with Crippen LogP contribution in [0, 0.1) is 5.92 Å². The minimum absolute atomic E-state index is 0.171. The van der Waals surface area contributed by atoms with Crippen molar-refractivity contribution in [3.8, 4) is 0 Å². The highest BCUT2D eigenvalue weighted by Crippen LogP contribution is 2.40. The summed E-state index contributed by atoms with van der Waals surface area (Å²) in [5.74, 6) is 0.889. The van der Waals surface area contributed by atoms with E-state index in [1.807, 2.05) is 13.0 Å². The molecule has 2 rings (SSSR count). The van der Waals surface area contributed by atoms with Crippen LogP contribution in [-0.2, 0) is 27.0 Å². The maximum absolute atomic E-state index is 11.9. The third-order valence-electron chi connectivity index (χ3n) is 6.35. The van der Waals surface area contributed by atoms with Crippen LogP contribution in [0.2, 0.25) is 18.1 Å². The van der Waals surface area contributed by atoms with Crippen LogP contribution in [0.15, 0.2) is 18.2 Å². The first kappa shape index (κ1) is 22.9. The smallest absolute Gasteiger partial charge is 0.330 e. The van der Waals surface area contributed by atoms with E-state index in [4.69, 9.17) is 9.16 Å². The minimum Gasteiger partial charge on any atom is -0.463 e. The zero-order chi connectivity index (χ0) is 21.1. The van der Waals surface area contributed by atoms with Gasteiger partial charge in [-0.3, -0.25) is 0 Å². The number of hydrogen-bond donors (Lipinski definition) is 0. The normalized spacial score (nSPS) is 20.3. The quantitative estimate of drug-likeness (QED) is 0.311. The van der Waals surface area contributed by atoms with Gasteiger partial charge in [0, 0.05) is 6.08 Å². The summed E-state index contributed by atoms with van der Waals surface area (Å²) in [6.45, 7) is 18.8. The zero-order valence-electron chi connectivity index (χ0n) is 19.0. The number of rotatable bonds is 6. The summed E-state index contributed by atoms with van der Waals surface area (Å²) in [6, 6.07) is 4.47. The van der Waals surface area contributed by atoms with Crippen LogP contribution in [0.1, 0.15) is 76.1 Å². The van der Waals surface area contributed by atoms with E-state index in [2.05, 4.69) is 59.8 Å². The summed E-state index contributed by atoms with van der Waals surface area (Å²) in [4.78, 5) is 11.9. The summed E-state index contributed by atoms with van der Waals surface area (Å²) >= 11 is 0. The summed E-state index contributed by atoms with van der Waals surface area (Å²) in [5, 5.41) is 0.171. The molecule has 156 valence electrons. The maximum atomic E-state index is 11.9. The Hall–Kier alpha value is -1.39. The Morgan fingerprint density at radius 2 is 1.93 bits per heavy atom. The van der Waals surface area contributed by atoms with Crippen molar-refractivity contribution in [3.05, 3.63) is 40.5 Å². The largest absolute Gasteiger partial charge is 0.463 e. The van der Waals surface area contributed by atoms with E-state index in [9.17, 15) is 4.79 Å². The molecule has 1 aliphatic carbocycles. The van der Waals surface area contributed by atoms with E-state index in [1.54, 1.807) is 6.08 Å². The third-order valence-corrected chi connectivity index (χ3v) is 10.8. The number of ether oxygens (including phenoxy) is 1. The first-order chi connectivity index (χ1) is 13.0. The molecule has 2 atom stereocenters. The van der Waals surface area contributed by atoms with Gasteiger partial charge in [0.1, 0.15) is 0 Å². The van der Waals surface area contributed by atoms with Gasteiger partial charge in [0.25, 0.3) is 0 Å². The predicted octanol–water partition coefficient (Wildman–Crippen LogP) is 6.47. The second-order valence-electron chi connectivity index (χ2n) is 9.79. The van der Waals surface area contributed by atoms with Crippen molar-refractivity contribution in [2.24, 2.45) is 5.92 Å². The summed E-state index contributed by atoms with van der Waals surface area (Å²) < 4.78 is 11.6. The van der Waals surface area contributed by atoms with Crippen LogP contribution in [0.5, 0.6) is 0 Å². The number of carbonyl (C=O) groups is 1. The topological polar surface area (TPSA) is 35.5 Å². The van der Waals surface area contributed by atoms with Gasteiger partial charge < -0.3 is 9.16 Å². The zero-order valence-corrected chi connectivity index (χ0v) is 20.0. The first-order valence-electron chi connectivity index (χ1n) is 10.6. The van der Waals surface area contributed by atoms with Crippen LogP contribution >= 0.6 is 0 Å². The lowest BCUT2D eigenvalue weighted by Crippen LogP contribution is -2.40. The second-order valence-corrected chi connectivity index (χ2v) is 14.6. The molecular formula is C24H38O3Si. The molecule has 0 unspecified atom stereocenters. The molecule has 0 spiro atoms. The standard InChI is InChI=1S/C24H38O3Si/c1-9-26-22(25)13-12-21-20(16-27-28(7,8)24(4,5)6)11-10-19-15-17(2)14-18(3)23(19)21/h10-13,17-18H,9,14-16H2,1-8H3/b13-12+/t17-,18+/m1/s1. The van der Waals surface area contributed by atoms with Crippen molar-refractivity contribution in [2.75, 3.05) is 6.61 Å². The fraction of sp³-hybridized carbons (Fsp3) is 0.625. The van der Waals surface area contributed by atoms with E-state index in [0.717, 1.165) is 12.0 Å². The Morgan fingerprint density at radius 3 is 2.54 bits per heavy atom. The van der Waals surface area contributed by atoms with Crippen molar-refractivity contribution < 1.29 is 14.0 Å². The van der Waals surface area contributed by atoms with Crippen LogP contribution in [-0.4, -0.2) is 20.9 Å². The van der Waals surface area contributed by atoms with E-state index in [0.29, 0.717) is 25.0 Å². The Labute approximate surface area is 172 Å². The second kappa shape index (κ2) is 8.96. The number of esters is 1. The van der Waals surface area contributed by atoms with Gasteiger partial charge in [-0.25, -0.2) is 4.79 Å². The van der Waals surface area contributed by atoms with E-state index < -0.39 is 8.32 Å². The Morgan fingerprint density at radius 1 is 1.25 bits per heavy atom. The molecule has 0 saturated heterocycles. The minimum atomic E-state index is -1.85. The van der Waals surface area contributed by atoms with Gasteiger partial charge in [0.15, 0.2) is 8.32 Å². The molecule has 1 aromatic carbocycles. The molecule has 28 heavy (non-hydrogen) atoms. The molecule has 4 heteroatoms. The Kier molecular flexibility index (Phi) is 7.32. The van der Waals surface area contributed by atoms with E-state index in [-0.39, 0.29) is 11.0 Å². The van der Waals surface area contributed by atoms with Gasteiger partial charge in [0.05, 0.1) is 13.2 Å². The van der Waals surface area contributed by atoms with Crippen molar-refractivity contribution >= 4 is 20.4 Å². The van der Waals surface area contributed by atoms with Crippen LogP contribution in [0.4, 0.5) is 0 Å². The molecule has 0 saturated carbocycles. The third kappa shape index (κ3) is 5.35. The van der Waals surface area contributed by atoms with E-state index >= 15 is 0 Å². The van der Waals surface area contributed by atoms with Crippen LogP contribution < -0.4 is 0 Å². The van der Waals surface area contributed by atoms with Gasteiger partial charge in [-0.15, -0.1) is 0 Å². The Balaban J connectivity index is 2.42. The molecule has 3 nitrogen and oxygen atoms in total. The Bertz CT molecular complexity index is 728. The lowest BCUT2D eigenvalue weighted by Gasteiger charge is -2.37. The number of benzene rings is 1. The van der Waals surface area contributed by atoms with E-state index in [1.165, 1.54) is 23.1 Å². The molecule has 0 amide bonds. The van der Waals surface area contributed by atoms with Gasteiger partial charge >= 0.3 is 5.97 Å². The molecule has 1 aromatic rings. The summed E-state index contributed by atoms with van der Waals surface area (Å²) in [6.07, 6.45) is 5.80. The summed E-state index contributed by atoms with van der Waals surface area (Å²) in [5.41, 5.74) is 5.12. The lowest BCUT2D eigenvalue weighted by atomic mass is 9.75. The molecule has 0 aliphatic heterocycles. The monoisotopic (exact) mass is 402 g/mol. The lowest BCUT2D eigenvalue weighted by molar-refractivity contribution is -0.137. The van der Waals surface area contributed by atoms with Gasteiger partial charge in [-0.1, -0.05) is 46.8 Å². The molecule has 0 heterocycles. The predicted molar refractivity (Wildman–Crippen MR) is 120 cm³/mol. The van der Waals surface area contributed by atoms with Gasteiger partial charge in [-0.2, -0.15) is 0 Å². The van der Waals surface area contributed by atoms with Crippen molar-refractivity contribution in [3.63, 3.8) is 0 Å². The van der Waals surface area contributed by atoms with Crippen molar-refractivity contribution in [1.82, 2.24) is 0 Å². The molecule has 0 bridgehead atoms. The molecular weight excluding hydrogens is 364 g/mol. The average Bonchev–Trinajstić information content (AvgIpc) is 2.57. The number of fused-ring (bicyclic) bond motifs is 1. The van der Waals surface area contributed by atoms with Crippen molar-refractivity contribution in [1.29, 1.82) is 0 Å².